The van der Waals surface area contributed by atoms with E-state index in [0.29, 0.717) is 22.1 Å². The molecule has 3 rings (SSSR count). The standard InChI is InChI=1S/C14H11ClN2OS/c15-12-6-5-10(19-12)8-17-13(16)7-9-3-1-2-4-11(9)14(17)18/h1-7H,8,16H2. The van der Waals surface area contributed by atoms with Crippen molar-refractivity contribution in [2.45, 2.75) is 6.54 Å². The minimum Gasteiger partial charge on any atom is -0.385 e. The highest BCUT2D eigenvalue weighted by atomic mass is 35.5. The van der Waals surface area contributed by atoms with Gasteiger partial charge in [0.25, 0.3) is 5.56 Å². The van der Waals surface area contributed by atoms with Crippen LogP contribution in [0, 0.1) is 0 Å². The number of aromatic nitrogens is 1. The smallest absolute Gasteiger partial charge is 0.260 e. The molecule has 0 atom stereocenters. The van der Waals surface area contributed by atoms with Crippen molar-refractivity contribution in [2.75, 3.05) is 5.73 Å². The van der Waals surface area contributed by atoms with E-state index in [-0.39, 0.29) is 5.56 Å². The van der Waals surface area contributed by atoms with E-state index in [4.69, 9.17) is 17.3 Å². The molecule has 1 aromatic carbocycles. The first-order valence-electron chi connectivity index (χ1n) is 5.77. The number of rotatable bonds is 2. The predicted octanol–water partition coefficient (Wildman–Crippen LogP) is 3.35. The van der Waals surface area contributed by atoms with Crippen molar-refractivity contribution in [3.63, 3.8) is 0 Å². The Morgan fingerprint density at radius 1 is 1.21 bits per heavy atom. The second-order valence-corrected chi connectivity index (χ2v) is 6.05. The van der Waals surface area contributed by atoms with Crippen LogP contribution >= 0.6 is 22.9 Å². The molecule has 0 amide bonds. The van der Waals surface area contributed by atoms with Crippen LogP contribution in [0.1, 0.15) is 4.88 Å². The van der Waals surface area contributed by atoms with E-state index < -0.39 is 0 Å². The van der Waals surface area contributed by atoms with E-state index in [1.165, 1.54) is 11.3 Å². The third-order valence-corrected chi connectivity index (χ3v) is 4.21. The van der Waals surface area contributed by atoms with Crippen molar-refractivity contribution in [3.05, 3.63) is 62.0 Å². The Balaban J connectivity index is 2.15. The van der Waals surface area contributed by atoms with E-state index in [1.807, 2.05) is 42.5 Å². The zero-order chi connectivity index (χ0) is 13.4. The van der Waals surface area contributed by atoms with E-state index in [1.54, 1.807) is 4.57 Å². The van der Waals surface area contributed by atoms with Gasteiger partial charge in [0.2, 0.25) is 0 Å². The Kier molecular flexibility index (Phi) is 3.05. The molecule has 0 saturated heterocycles. The number of anilines is 1. The molecule has 2 N–H and O–H groups in total. The third kappa shape index (κ3) is 2.25. The molecule has 0 unspecified atom stereocenters. The number of nitrogens with two attached hydrogens (primary N) is 1. The summed E-state index contributed by atoms with van der Waals surface area (Å²) in [6.45, 7) is 0.451. The van der Waals surface area contributed by atoms with Crippen LogP contribution in [-0.2, 0) is 6.54 Å². The molecular weight excluding hydrogens is 280 g/mol. The van der Waals surface area contributed by atoms with E-state index >= 15 is 0 Å². The SMILES string of the molecule is Nc1cc2ccccc2c(=O)n1Cc1ccc(Cl)s1. The molecule has 0 saturated carbocycles. The fourth-order valence-electron chi connectivity index (χ4n) is 2.07. The molecule has 19 heavy (non-hydrogen) atoms. The highest BCUT2D eigenvalue weighted by Crippen LogP contribution is 2.23. The summed E-state index contributed by atoms with van der Waals surface area (Å²) >= 11 is 7.36. The first-order valence-corrected chi connectivity index (χ1v) is 6.97. The van der Waals surface area contributed by atoms with Gasteiger partial charge in [0.15, 0.2) is 0 Å². The maximum Gasteiger partial charge on any atom is 0.260 e. The fraction of sp³-hybridized carbons (Fsp3) is 0.0714. The summed E-state index contributed by atoms with van der Waals surface area (Å²) in [5.41, 5.74) is 5.91. The maximum atomic E-state index is 12.4. The topological polar surface area (TPSA) is 48.0 Å². The van der Waals surface area contributed by atoms with Crippen LogP contribution in [0.5, 0.6) is 0 Å². The largest absolute Gasteiger partial charge is 0.385 e. The number of hydrogen-bond donors (Lipinski definition) is 1. The minimum atomic E-state index is -0.0693. The summed E-state index contributed by atoms with van der Waals surface area (Å²) in [5.74, 6) is 0.466. The lowest BCUT2D eigenvalue weighted by Crippen LogP contribution is -2.23. The number of nitrogen functional groups attached to an aromatic ring is 1. The zero-order valence-corrected chi connectivity index (χ0v) is 11.5. The van der Waals surface area contributed by atoms with Crippen LogP contribution in [0.3, 0.4) is 0 Å². The Hall–Kier alpha value is -1.78. The van der Waals surface area contributed by atoms with Gasteiger partial charge in [-0.05, 0) is 29.7 Å². The second-order valence-electron chi connectivity index (χ2n) is 4.25. The zero-order valence-electron chi connectivity index (χ0n) is 9.97. The highest BCUT2D eigenvalue weighted by Gasteiger charge is 2.08. The average molecular weight is 291 g/mol. The summed E-state index contributed by atoms with van der Waals surface area (Å²) < 4.78 is 2.28. The average Bonchev–Trinajstić information content (AvgIpc) is 2.80. The molecule has 0 aliphatic rings. The summed E-state index contributed by atoms with van der Waals surface area (Å²) in [5, 5.41) is 1.55. The number of benzene rings is 1. The molecule has 2 heterocycles. The van der Waals surface area contributed by atoms with Crippen LogP contribution in [0.2, 0.25) is 4.34 Å². The van der Waals surface area contributed by atoms with Crippen molar-refractivity contribution in [2.24, 2.45) is 0 Å². The molecule has 0 aliphatic heterocycles. The number of hydrogen-bond acceptors (Lipinski definition) is 3. The van der Waals surface area contributed by atoms with E-state index in [0.717, 1.165) is 10.3 Å². The lowest BCUT2D eigenvalue weighted by atomic mass is 10.1. The summed E-state index contributed by atoms with van der Waals surface area (Å²) in [4.78, 5) is 13.4. The van der Waals surface area contributed by atoms with Crippen molar-refractivity contribution >= 4 is 39.5 Å². The molecule has 0 fully saturated rings. The normalized spacial score (nSPS) is 11.0. The van der Waals surface area contributed by atoms with Crippen LogP contribution in [-0.4, -0.2) is 4.57 Å². The molecule has 5 heteroatoms. The molecule has 2 aromatic heterocycles. The van der Waals surface area contributed by atoms with Crippen molar-refractivity contribution in [3.8, 4) is 0 Å². The lowest BCUT2D eigenvalue weighted by Gasteiger charge is -2.10. The molecule has 0 bridgehead atoms. The lowest BCUT2D eigenvalue weighted by molar-refractivity contribution is 0.792. The van der Waals surface area contributed by atoms with Crippen molar-refractivity contribution in [1.82, 2.24) is 4.57 Å². The molecule has 0 radical (unpaired) electrons. The quantitative estimate of drug-likeness (QED) is 0.787. The monoisotopic (exact) mass is 290 g/mol. The van der Waals surface area contributed by atoms with Gasteiger partial charge in [-0.25, -0.2) is 0 Å². The van der Waals surface area contributed by atoms with Crippen molar-refractivity contribution in [1.29, 1.82) is 0 Å². The molecule has 96 valence electrons. The second kappa shape index (κ2) is 4.72. The Morgan fingerprint density at radius 3 is 2.74 bits per heavy atom. The van der Waals surface area contributed by atoms with Crippen LogP contribution in [0.15, 0.2) is 47.3 Å². The number of thiophene rings is 1. The fourth-order valence-corrected chi connectivity index (χ4v) is 3.15. The number of fused-ring (bicyclic) bond motifs is 1. The van der Waals surface area contributed by atoms with Crippen molar-refractivity contribution < 1.29 is 0 Å². The molecule has 3 nitrogen and oxygen atoms in total. The Bertz CT molecular complexity index is 807. The van der Waals surface area contributed by atoms with Gasteiger partial charge in [-0.2, -0.15) is 0 Å². The predicted molar refractivity (Wildman–Crippen MR) is 81.1 cm³/mol. The summed E-state index contributed by atoms with van der Waals surface area (Å²) in [6, 6.07) is 13.0. The molecule has 0 spiro atoms. The van der Waals surface area contributed by atoms with Gasteiger partial charge in [-0.3, -0.25) is 9.36 Å². The van der Waals surface area contributed by atoms with Crippen LogP contribution in [0.4, 0.5) is 5.82 Å². The molecule has 0 aliphatic carbocycles. The van der Waals surface area contributed by atoms with Gasteiger partial charge >= 0.3 is 0 Å². The third-order valence-electron chi connectivity index (χ3n) is 2.99. The van der Waals surface area contributed by atoms with Crippen LogP contribution in [0.25, 0.3) is 10.8 Å². The first-order chi connectivity index (χ1) is 9.15. The highest BCUT2D eigenvalue weighted by molar-refractivity contribution is 7.16. The first kappa shape index (κ1) is 12.3. The van der Waals surface area contributed by atoms with Gasteiger partial charge in [-0.1, -0.05) is 29.8 Å². The maximum absolute atomic E-state index is 12.4. The summed E-state index contributed by atoms with van der Waals surface area (Å²) in [7, 11) is 0. The van der Waals surface area contributed by atoms with Gasteiger partial charge in [0, 0.05) is 10.3 Å². The van der Waals surface area contributed by atoms with E-state index in [9.17, 15) is 4.79 Å². The number of pyridine rings is 1. The minimum absolute atomic E-state index is 0.0693. The van der Waals surface area contributed by atoms with Gasteiger partial charge in [-0.15, -0.1) is 11.3 Å². The van der Waals surface area contributed by atoms with E-state index in [2.05, 4.69) is 0 Å². The summed E-state index contributed by atoms with van der Waals surface area (Å²) in [6.07, 6.45) is 0. The van der Waals surface area contributed by atoms with Gasteiger partial charge < -0.3 is 5.73 Å². The van der Waals surface area contributed by atoms with Gasteiger partial charge in [0.05, 0.1) is 10.9 Å². The Morgan fingerprint density at radius 2 is 2.00 bits per heavy atom. The number of halogens is 1. The van der Waals surface area contributed by atoms with Gasteiger partial charge in [0.1, 0.15) is 5.82 Å². The number of nitrogens with zero attached hydrogens (tertiary/aromatic N) is 1. The Labute approximate surface area is 118 Å². The molecular formula is C14H11ClN2OS. The molecule has 3 aromatic rings. The van der Waals surface area contributed by atoms with Crippen LogP contribution < -0.4 is 11.3 Å².